The fraction of sp³-hybridized carbons (Fsp3) is 0.636. The quantitative estimate of drug-likeness (QED) is 0.890. The smallest absolute Gasteiger partial charge is 0.376 e. The van der Waals surface area contributed by atoms with Crippen molar-refractivity contribution in [1.29, 1.82) is 0 Å². The van der Waals surface area contributed by atoms with E-state index in [1.54, 1.807) is 11.9 Å². The molecule has 1 fully saturated rings. The first-order valence-corrected chi connectivity index (χ1v) is 5.85. The maximum atomic E-state index is 12.7. The van der Waals surface area contributed by atoms with Crippen molar-refractivity contribution < 1.29 is 17.9 Å². The Hall–Kier alpha value is -1.57. The average Bonchev–Trinajstić information content (AvgIpc) is 2.72. The Morgan fingerprint density at radius 2 is 2.11 bits per heavy atom. The number of hydrogen-bond donors (Lipinski definition) is 1. The van der Waals surface area contributed by atoms with Gasteiger partial charge in [0.1, 0.15) is 5.82 Å². The number of likely N-dealkylation sites (N-methyl/N-ethyl adjacent to an activating group) is 1. The summed E-state index contributed by atoms with van der Waals surface area (Å²) in [5.74, 6) is -0.231. The van der Waals surface area contributed by atoms with E-state index < -0.39 is 11.9 Å². The van der Waals surface area contributed by atoms with Crippen molar-refractivity contribution in [2.24, 2.45) is 0 Å². The van der Waals surface area contributed by atoms with Crippen LogP contribution in [0.3, 0.4) is 0 Å². The molecule has 2 atom stereocenters. The number of hydrogen-bond acceptors (Lipinski definition) is 5. The minimum Gasteiger partial charge on any atom is -0.376 e. The summed E-state index contributed by atoms with van der Waals surface area (Å²) in [4.78, 5) is 8.74. The summed E-state index contributed by atoms with van der Waals surface area (Å²) in [6.45, 7) is 2.46. The van der Waals surface area contributed by atoms with Crippen molar-refractivity contribution in [3.63, 3.8) is 0 Å². The minimum absolute atomic E-state index is 0.0182. The number of rotatable bonds is 2. The Labute approximate surface area is 108 Å². The highest BCUT2D eigenvalue weighted by Crippen LogP contribution is 2.31. The molecule has 1 aromatic heterocycles. The third-order valence-corrected chi connectivity index (χ3v) is 3.22. The summed E-state index contributed by atoms with van der Waals surface area (Å²) in [5.41, 5.74) is 4.31. The van der Waals surface area contributed by atoms with Gasteiger partial charge in [0.15, 0.2) is 5.69 Å². The van der Waals surface area contributed by atoms with E-state index in [1.807, 2.05) is 6.92 Å². The largest absolute Gasteiger partial charge is 0.433 e. The molecule has 106 valence electrons. The van der Waals surface area contributed by atoms with Crippen molar-refractivity contribution in [3.8, 4) is 0 Å². The number of alkyl halides is 3. The summed E-state index contributed by atoms with van der Waals surface area (Å²) < 4.78 is 43.4. The fourth-order valence-electron chi connectivity index (χ4n) is 2.18. The number of anilines is 2. The summed E-state index contributed by atoms with van der Waals surface area (Å²) >= 11 is 0. The summed E-state index contributed by atoms with van der Waals surface area (Å²) in [6, 6.07) is 0.886. The molecule has 2 rings (SSSR count). The fourth-order valence-corrected chi connectivity index (χ4v) is 2.18. The second-order valence-corrected chi connectivity index (χ2v) is 4.51. The number of nitrogen functional groups attached to an aromatic ring is 1. The molecule has 2 unspecified atom stereocenters. The third kappa shape index (κ3) is 2.89. The van der Waals surface area contributed by atoms with Crippen LogP contribution in [0.4, 0.5) is 24.9 Å². The number of aromatic nitrogens is 2. The van der Waals surface area contributed by atoms with Crippen LogP contribution in [0.1, 0.15) is 19.0 Å². The van der Waals surface area contributed by atoms with Crippen LogP contribution >= 0.6 is 0 Å². The Bertz CT molecular complexity index is 466. The van der Waals surface area contributed by atoms with Crippen molar-refractivity contribution >= 4 is 11.8 Å². The zero-order valence-corrected chi connectivity index (χ0v) is 10.6. The zero-order chi connectivity index (χ0) is 14.2. The van der Waals surface area contributed by atoms with Crippen LogP contribution in [-0.4, -0.2) is 35.8 Å². The van der Waals surface area contributed by atoms with Crippen LogP contribution in [-0.2, 0) is 10.9 Å². The van der Waals surface area contributed by atoms with E-state index in [2.05, 4.69) is 9.97 Å². The molecule has 1 saturated heterocycles. The highest BCUT2D eigenvalue weighted by Gasteiger charge is 2.35. The lowest BCUT2D eigenvalue weighted by Gasteiger charge is -2.28. The first kappa shape index (κ1) is 13.9. The van der Waals surface area contributed by atoms with E-state index in [-0.39, 0.29) is 23.9 Å². The average molecular weight is 276 g/mol. The Morgan fingerprint density at radius 3 is 2.63 bits per heavy atom. The lowest BCUT2D eigenvalue weighted by atomic mass is 10.1. The monoisotopic (exact) mass is 276 g/mol. The maximum absolute atomic E-state index is 12.7. The van der Waals surface area contributed by atoms with E-state index in [4.69, 9.17) is 10.5 Å². The SMILES string of the molecule is CC1OCCC1N(C)c1cc(C(F)(F)F)nc(N)n1. The molecule has 0 saturated carbocycles. The second kappa shape index (κ2) is 4.84. The van der Waals surface area contributed by atoms with Crippen molar-refractivity contribution in [2.75, 3.05) is 24.3 Å². The molecule has 19 heavy (non-hydrogen) atoms. The van der Waals surface area contributed by atoms with E-state index in [1.165, 1.54) is 0 Å². The zero-order valence-electron chi connectivity index (χ0n) is 10.6. The molecular formula is C11H15F3N4O. The first-order valence-electron chi connectivity index (χ1n) is 5.85. The normalized spacial score (nSPS) is 23.6. The van der Waals surface area contributed by atoms with Crippen LogP contribution in [0.15, 0.2) is 6.07 Å². The van der Waals surface area contributed by atoms with Gasteiger partial charge < -0.3 is 15.4 Å². The highest BCUT2D eigenvalue weighted by molar-refractivity contribution is 5.44. The molecule has 0 aliphatic carbocycles. The predicted octanol–water partition coefficient (Wildman–Crippen LogP) is 1.69. The molecule has 1 aliphatic heterocycles. The van der Waals surface area contributed by atoms with Gasteiger partial charge in [-0.2, -0.15) is 18.2 Å². The van der Waals surface area contributed by atoms with Crippen LogP contribution < -0.4 is 10.6 Å². The molecule has 0 bridgehead atoms. The molecule has 2 heterocycles. The van der Waals surface area contributed by atoms with Crippen molar-refractivity contribution in [3.05, 3.63) is 11.8 Å². The Morgan fingerprint density at radius 1 is 1.42 bits per heavy atom. The van der Waals surface area contributed by atoms with Gasteiger partial charge in [0, 0.05) is 19.7 Å². The number of nitrogens with zero attached hydrogens (tertiary/aromatic N) is 3. The van der Waals surface area contributed by atoms with Crippen molar-refractivity contribution in [1.82, 2.24) is 9.97 Å². The predicted molar refractivity (Wildman–Crippen MR) is 63.7 cm³/mol. The number of nitrogens with two attached hydrogens (primary N) is 1. The van der Waals surface area contributed by atoms with Crippen LogP contribution in [0.25, 0.3) is 0 Å². The van der Waals surface area contributed by atoms with Crippen LogP contribution in [0.5, 0.6) is 0 Å². The van der Waals surface area contributed by atoms with Gasteiger partial charge in [-0.1, -0.05) is 0 Å². The van der Waals surface area contributed by atoms with Gasteiger partial charge in [0.25, 0.3) is 0 Å². The molecule has 2 N–H and O–H groups in total. The summed E-state index contributed by atoms with van der Waals surface area (Å²) in [5, 5.41) is 0. The number of halogens is 3. The lowest BCUT2D eigenvalue weighted by Crippen LogP contribution is -2.37. The van der Waals surface area contributed by atoms with Gasteiger partial charge >= 0.3 is 6.18 Å². The maximum Gasteiger partial charge on any atom is 0.433 e. The Kier molecular flexibility index (Phi) is 3.53. The molecule has 8 heteroatoms. The van der Waals surface area contributed by atoms with Gasteiger partial charge in [-0.05, 0) is 13.3 Å². The molecule has 1 aliphatic rings. The number of ether oxygens (including phenoxy) is 1. The van der Waals surface area contributed by atoms with Crippen LogP contribution in [0, 0.1) is 0 Å². The van der Waals surface area contributed by atoms with E-state index in [9.17, 15) is 13.2 Å². The molecule has 1 aromatic rings. The topological polar surface area (TPSA) is 64.3 Å². The first-order chi connectivity index (χ1) is 8.79. The molecule has 0 radical (unpaired) electrons. The van der Waals surface area contributed by atoms with E-state index in [0.717, 1.165) is 12.5 Å². The minimum atomic E-state index is -4.54. The standard InChI is InChI=1S/C11H15F3N4O/c1-6-7(3-4-19-6)18(2)9-5-8(11(12,13)14)16-10(15)17-9/h5-7H,3-4H2,1-2H3,(H2,15,16,17). The second-order valence-electron chi connectivity index (χ2n) is 4.51. The van der Waals surface area contributed by atoms with Gasteiger partial charge in [0.05, 0.1) is 12.1 Å². The van der Waals surface area contributed by atoms with Gasteiger partial charge in [0.2, 0.25) is 5.95 Å². The molecule has 0 spiro atoms. The molecular weight excluding hydrogens is 261 g/mol. The lowest BCUT2D eigenvalue weighted by molar-refractivity contribution is -0.141. The van der Waals surface area contributed by atoms with Crippen molar-refractivity contribution in [2.45, 2.75) is 31.7 Å². The summed E-state index contributed by atoms with van der Waals surface area (Å²) in [7, 11) is 1.68. The molecule has 0 aromatic carbocycles. The molecule has 0 amide bonds. The summed E-state index contributed by atoms with van der Waals surface area (Å²) in [6.07, 6.45) is -3.86. The van der Waals surface area contributed by atoms with E-state index >= 15 is 0 Å². The third-order valence-electron chi connectivity index (χ3n) is 3.22. The van der Waals surface area contributed by atoms with Gasteiger partial charge in [-0.3, -0.25) is 0 Å². The van der Waals surface area contributed by atoms with E-state index in [0.29, 0.717) is 6.61 Å². The van der Waals surface area contributed by atoms with Crippen LogP contribution in [0.2, 0.25) is 0 Å². The molecule has 5 nitrogen and oxygen atoms in total. The Balaban J connectivity index is 2.31. The highest BCUT2D eigenvalue weighted by atomic mass is 19.4. The van der Waals surface area contributed by atoms with Gasteiger partial charge in [-0.25, -0.2) is 4.98 Å². The van der Waals surface area contributed by atoms with Gasteiger partial charge in [-0.15, -0.1) is 0 Å².